The lowest BCUT2D eigenvalue weighted by atomic mass is 10.1. The molecule has 4 rings (SSSR count). The second-order valence-electron chi connectivity index (χ2n) is 7.75. The summed E-state index contributed by atoms with van der Waals surface area (Å²) in [7, 11) is -3.34. The Morgan fingerprint density at radius 1 is 1.00 bits per heavy atom. The number of carbonyl (C=O) groups is 1. The Balaban J connectivity index is 1.76. The van der Waals surface area contributed by atoms with E-state index in [0.29, 0.717) is 64.9 Å². The van der Waals surface area contributed by atoms with Gasteiger partial charge in [-0.3, -0.25) is 4.79 Å². The van der Waals surface area contributed by atoms with Gasteiger partial charge in [0.25, 0.3) is 5.91 Å². The third-order valence-electron chi connectivity index (χ3n) is 5.26. The van der Waals surface area contributed by atoms with E-state index in [2.05, 4.69) is 10.4 Å². The summed E-state index contributed by atoms with van der Waals surface area (Å²) in [4.78, 5) is 13.4. The van der Waals surface area contributed by atoms with Crippen LogP contribution in [0, 0.1) is 0 Å². The minimum absolute atomic E-state index is 0.183. The number of rotatable bonds is 9. The zero-order chi connectivity index (χ0) is 25.2. The van der Waals surface area contributed by atoms with E-state index in [-0.39, 0.29) is 17.1 Å². The van der Waals surface area contributed by atoms with Crippen LogP contribution < -0.4 is 19.5 Å². The van der Waals surface area contributed by atoms with Crippen LogP contribution in [-0.4, -0.2) is 43.9 Å². The van der Waals surface area contributed by atoms with Gasteiger partial charge in [0.15, 0.2) is 21.3 Å². The highest BCUT2D eigenvalue weighted by molar-refractivity contribution is 7.90. The van der Waals surface area contributed by atoms with E-state index < -0.39 is 15.7 Å². The first-order valence-corrected chi connectivity index (χ1v) is 13.4. The lowest BCUT2D eigenvalue weighted by molar-refractivity contribution is 0.102. The monoisotopic (exact) mass is 519 g/mol. The molecule has 186 valence electrons. The Labute approximate surface area is 208 Å². The van der Waals surface area contributed by atoms with Crippen molar-refractivity contribution in [2.45, 2.75) is 32.3 Å². The fourth-order valence-corrected chi connectivity index (χ4v) is 5.46. The molecule has 9 nitrogen and oxygen atoms in total. The predicted molar refractivity (Wildman–Crippen MR) is 133 cm³/mol. The van der Waals surface area contributed by atoms with Gasteiger partial charge in [-0.15, -0.1) is 0 Å². The molecule has 0 radical (unpaired) electrons. The third kappa shape index (κ3) is 5.23. The molecule has 0 spiro atoms. The molecule has 2 heterocycles. The molecular formula is C24H26ClN3O6S. The molecule has 11 heteroatoms. The number of aromatic nitrogens is 2. The van der Waals surface area contributed by atoms with Gasteiger partial charge < -0.3 is 19.5 Å². The highest BCUT2D eigenvalue weighted by atomic mass is 35.5. The number of hydrogen-bond donors (Lipinski definition) is 1. The Bertz CT molecular complexity index is 1330. The second-order valence-corrected chi connectivity index (χ2v) is 10.3. The lowest BCUT2D eigenvalue weighted by Gasteiger charge is -2.17. The predicted octanol–water partition coefficient (Wildman–Crippen LogP) is 4.40. The average Bonchev–Trinajstić information content (AvgIpc) is 3.28. The molecule has 2 aromatic carbocycles. The highest BCUT2D eigenvalue weighted by Gasteiger charge is 2.33. The molecule has 1 aliphatic heterocycles. The first-order valence-electron chi connectivity index (χ1n) is 11.2. The van der Waals surface area contributed by atoms with Gasteiger partial charge in [0.2, 0.25) is 5.75 Å². The van der Waals surface area contributed by atoms with Gasteiger partial charge in [0, 0.05) is 16.1 Å². The third-order valence-corrected chi connectivity index (χ3v) is 6.96. The highest BCUT2D eigenvalue weighted by Crippen LogP contribution is 2.40. The van der Waals surface area contributed by atoms with Crippen molar-refractivity contribution < 1.29 is 27.4 Å². The maximum atomic E-state index is 13.4. The van der Waals surface area contributed by atoms with Crippen LogP contribution in [-0.2, 0) is 21.3 Å². The van der Waals surface area contributed by atoms with E-state index >= 15 is 0 Å². The number of benzene rings is 2. The number of anilines is 1. The average molecular weight is 520 g/mol. The molecule has 0 saturated carbocycles. The number of nitrogens with zero attached hydrogens (tertiary/aromatic N) is 2. The number of sulfone groups is 1. The molecule has 0 fully saturated rings. The molecule has 0 bridgehead atoms. The summed E-state index contributed by atoms with van der Waals surface area (Å²) in [5.41, 5.74) is 1.77. The van der Waals surface area contributed by atoms with Gasteiger partial charge in [-0.1, -0.05) is 11.6 Å². The molecule has 35 heavy (non-hydrogen) atoms. The van der Waals surface area contributed by atoms with Crippen molar-refractivity contribution in [2.75, 3.05) is 25.1 Å². The zero-order valence-corrected chi connectivity index (χ0v) is 21.2. The van der Waals surface area contributed by atoms with Crippen LogP contribution >= 0.6 is 11.6 Å². The molecule has 1 aliphatic rings. The summed E-state index contributed by atoms with van der Waals surface area (Å²) >= 11 is 6.02. The van der Waals surface area contributed by atoms with Crippen molar-refractivity contribution in [2.24, 2.45) is 0 Å². The maximum Gasteiger partial charge on any atom is 0.257 e. The molecule has 0 saturated heterocycles. The number of carbonyl (C=O) groups excluding carboxylic acids is 1. The van der Waals surface area contributed by atoms with E-state index in [9.17, 15) is 13.2 Å². The van der Waals surface area contributed by atoms with Crippen molar-refractivity contribution in [3.8, 4) is 22.9 Å². The van der Waals surface area contributed by atoms with E-state index in [1.807, 2.05) is 20.8 Å². The Morgan fingerprint density at radius 3 is 2.17 bits per heavy atom. The quantitative estimate of drug-likeness (QED) is 0.446. The maximum absolute atomic E-state index is 13.4. The number of nitrogens with one attached hydrogen (secondary N) is 1. The van der Waals surface area contributed by atoms with Gasteiger partial charge in [-0.25, -0.2) is 13.1 Å². The summed E-state index contributed by atoms with van der Waals surface area (Å²) in [6.45, 7) is 6.64. The minimum Gasteiger partial charge on any atom is -0.490 e. The van der Waals surface area contributed by atoms with Crippen molar-refractivity contribution in [3.05, 3.63) is 58.2 Å². The Kier molecular flexibility index (Phi) is 7.23. The molecule has 1 aromatic heterocycles. The normalized spacial score (nSPS) is 13.8. The van der Waals surface area contributed by atoms with Crippen LogP contribution in [0.3, 0.4) is 0 Å². The van der Waals surface area contributed by atoms with Crippen molar-refractivity contribution in [1.82, 2.24) is 9.78 Å². The van der Waals surface area contributed by atoms with Crippen LogP contribution in [0.2, 0.25) is 5.02 Å². The van der Waals surface area contributed by atoms with Crippen LogP contribution in [0.1, 0.15) is 42.4 Å². The summed E-state index contributed by atoms with van der Waals surface area (Å²) in [5.74, 6) is 0.608. The molecule has 0 atom stereocenters. The van der Waals surface area contributed by atoms with E-state index in [4.69, 9.17) is 25.8 Å². The number of fused-ring (bicyclic) bond motifs is 1. The molecule has 0 unspecified atom stereocenters. The van der Waals surface area contributed by atoms with Crippen LogP contribution in [0.5, 0.6) is 17.2 Å². The Hall–Kier alpha value is -3.24. The molecule has 1 N–H and O–H groups in total. The van der Waals surface area contributed by atoms with Crippen molar-refractivity contribution in [3.63, 3.8) is 0 Å². The zero-order valence-electron chi connectivity index (χ0n) is 19.6. The van der Waals surface area contributed by atoms with Crippen LogP contribution in [0.15, 0.2) is 36.4 Å². The van der Waals surface area contributed by atoms with Gasteiger partial charge in [0.05, 0.1) is 42.7 Å². The van der Waals surface area contributed by atoms with Gasteiger partial charge in [-0.2, -0.15) is 5.10 Å². The van der Waals surface area contributed by atoms with Gasteiger partial charge >= 0.3 is 0 Å². The summed E-state index contributed by atoms with van der Waals surface area (Å²) in [5, 5.41) is 7.88. The molecular weight excluding hydrogens is 494 g/mol. The second kappa shape index (κ2) is 10.2. The number of ether oxygens (including phenoxy) is 3. The summed E-state index contributed by atoms with van der Waals surface area (Å²) in [6.07, 6.45) is 0. The largest absolute Gasteiger partial charge is 0.490 e. The molecule has 1 amide bonds. The molecule has 3 aromatic rings. The van der Waals surface area contributed by atoms with E-state index in [1.54, 1.807) is 36.4 Å². The van der Waals surface area contributed by atoms with Crippen LogP contribution in [0.25, 0.3) is 5.69 Å². The fourth-order valence-electron chi connectivity index (χ4n) is 3.84. The van der Waals surface area contributed by atoms with Gasteiger partial charge in [0.1, 0.15) is 5.82 Å². The van der Waals surface area contributed by atoms with Crippen molar-refractivity contribution >= 4 is 33.2 Å². The van der Waals surface area contributed by atoms with Crippen LogP contribution in [0.4, 0.5) is 5.82 Å². The smallest absolute Gasteiger partial charge is 0.257 e. The Morgan fingerprint density at radius 2 is 1.60 bits per heavy atom. The van der Waals surface area contributed by atoms with E-state index in [1.165, 1.54) is 4.68 Å². The summed E-state index contributed by atoms with van der Waals surface area (Å²) < 4.78 is 43.2. The SMILES string of the molecule is CCOc1cc(C(=O)Nc2c3c(nn2-c2ccc(Cl)cc2)CS(=O)(=O)C3)cc(OCC)c1OCC. The van der Waals surface area contributed by atoms with E-state index in [0.717, 1.165) is 0 Å². The standard InChI is InChI=1S/C24H26ClN3O6S/c1-4-32-20-11-15(12-21(33-5-2)22(20)34-6-3)24(29)26-23-18-13-35(30,31)14-19(18)27-28(23)17-9-7-16(25)8-10-17/h7-12H,4-6,13-14H2,1-3H3,(H,26,29). The number of amides is 1. The summed E-state index contributed by atoms with van der Waals surface area (Å²) in [6, 6.07) is 10.0. The number of halogens is 1. The topological polar surface area (TPSA) is 109 Å². The first kappa shape index (κ1) is 24.9. The fraction of sp³-hybridized carbons (Fsp3) is 0.333. The van der Waals surface area contributed by atoms with Crippen molar-refractivity contribution in [1.29, 1.82) is 0 Å². The molecule has 0 aliphatic carbocycles. The van der Waals surface area contributed by atoms with Gasteiger partial charge in [-0.05, 0) is 57.2 Å². The first-order chi connectivity index (χ1) is 16.8. The number of hydrogen-bond acceptors (Lipinski definition) is 7. The lowest BCUT2D eigenvalue weighted by Crippen LogP contribution is -2.17. The minimum atomic E-state index is -3.34.